The number of nitrogens with one attached hydrogen (secondary N) is 1. The lowest BCUT2D eigenvalue weighted by molar-refractivity contribution is 1.06. The molecule has 2 aromatic rings. The fourth-order valence-corrected chi connectivity index (χ4v) is 3.28. The SMILES string of the molecule is CCNc1nnc(-c2sc(CC)nc2C)s1. The molecule has 0 aliphatic carbocycles. The van der Waals surface area contributed by atoms with Crippen molar-refractivity contribution in [1.82, 2.24) is 15.2 Å². The minimum Gasteiger partial charge on any atom is -0.360 e. The molecule has 0 aromatic carbocycles. The molecule has 0 bridgehead atoms. The van der Waals surface area contributed by atoms with Gasteiger partial charge in [-0.05, 0) is 20.3 Å². The van der Waals surface area contributed by atoms with Crippen molar-refractivity contribution in [2.45, 2.75) is 27.2 Å². The molecule has 0 radical (unpaired) electrons. The van der Waals surface area contributed by atoms with Gasteiger partial charge in [0.25, 0.3) is 0 Å². The van der Waals surface area contributed by atoms with Gasteiger partial charge < -0.3 is 5.32 Å². The van der Waals surface area contributed by atoms with Crippen LogP contribution in [0.3, 0.4) is 0 Å². The quantitative estimate of drug-likeness (QED) is 0.911. The van der Waals surface area contributed by atoms with Crippen molar-refractivity contribution in [3.05, 3.63) is 10.7 Å². The molecule has 86 valence electrons. The first-order valence-electron chi connectivity index (χ1n) is 5.28. The van der Waals surface area contributed by atoms with E-state index in [1.807, 2.05) is 13.8 Å². The van der Waals surface area contributed by atoms with Crippen LogP contribution >= 0.6 is 22.7 Å². The molecule has 0 unspecified atom stereocenters. The Balaban J connectivity index is 2.30. The Labute approximate surface area is 103 Å². The van der Waals surface area contributed by atoms with Crippen molar-refractivity contribution in [1.29, 1.82) is 0 Å². The molecule has 0 spiro atoms. The number of aryl methyl sites for hydroxylation is 2. The fourth-order valence-electron chi connectivity index (χ4n) is 1.34. The summed E-state index contributed by atoms with van der Waals surface area (Å²) in [6, 6.07) is 0. The standard InChI is InChI=1S/C10H14N4S2/c1-4-7-12-6(3)8(15-7)9-13-14-10(16-9)11-5-2/h4-5H2,1-3H3,(H,11,14). The van der Waals surface area contributed by atoms with Crippen molar-refractivity contribution >= 4 is 27.8 Å². The van der Waals surface area contributed by atoms with Gasteiger partial charge in [-0.3, -0.25) is 0 Å². The molecule has 4 nitrogen and oxygen atoms in total. The van der Waals surface area contributed by atoms with Crippen molar-refractivity contribution in [3.8, 4) is 9.88 Å². The summed E-state index contributed by atoms with van der Waals surface area (Å²) in [5.41, 5.74) is 1.06. The summed E-state index contributed by atoms with van der Waals surface area (Å²) in [5.74, 6) is 0. The Bertz CT molecular complexity index is 475. The Kier molecular flexibility index (Phi) is 3.50. The number of thiazole rings is 1. The summed E-state index contributed by atoms with van der Waals surface area (Å²) in [7, 11) is 0. The van der Waals surface area contributed by atoms with Gasteiger partial charge in [0.1, 0.15) is 0 Å². The van der Waals surface area contributed by atoms with E-state index in [-0.39, 0.29) is 0 Å². The van der Waals surface area contributed by atoms with E-state index in [0.29, 0.717) is 0 Å². The summed E-state index contributed by atoms with van der Waals surface area (Å²) in [6.07, 6.45) is 0.977. The van der Waals surface area contributed by atoms with Crippen LogP contribution in [0.1, 0.15) is 24.5 Å². The van der Waals surface area contributed by atoms with E-state index in [4.69, 9.17) is 0 Å². The van der Waals surface area contributed by atoms with E-state index in [0.717, 1.165) is 38.7 Å². The van der Waals surface area contributed by atoms with E-state index >= 15 is 0 Å². The molecule has 1 N–H and O–H groups in total. The second-order valence-corrected chi connectivity index (χ2v) is 5.38. The molecule has 0 aliphatic heterocycles. The van der Waals surface area contributed by atoms with Crippen LogP contribution in [0.5, 0.6) is 0 Å². The van der Waals surface area contributed by atoms with Crippen LogP contribution < -0.4 is 5.32 Å². The van der Waals surface area contributed by atoms with Crippen LogP contribution in [0.4, 0.5) is 5.13 Å². The lowest BCUT2D eigenvalue weighted by Gasteiger charge is -1.91. The van der Waals surface area contributed by atoms with E-state index in [1.54, 1.807) is 22.7 Å². The minimum atomic E-state index is 0.872. The molecule has 2 aromatic heterocycles. The zero-order valence-electron chi connectivity index (χ0n) is 9.57. The molecule has 0 saturated heterocycles. The molecule has 6 heteroatoms. The molecule has 0 saturated carbocycles. The predicted octanol–water partition coefficient (Wildman–Crippen LogP) is 2.96. The van der Waals surface area contributed by atoms with Gasteiger partial charge in [-0.2, -0.15) is 0 Å². The minimum absolute atomic E-state index is 0.872. The first-order valence-corrected chi connectivity index (χ1v) is 6.92. The fraction of sp³-hybridized carbons (Fsp3) is 0.500. The second kappa shape index (κ2) is 4.88. The highest BCUT2D eigenvalue weighted by Gasteiger charge is 2.13. The maximum Gasteiger partial charge on any atom is 0.206 e. The summed E-state index contributed by atoms with van der Waals surface area (Å²) in [5, 5.41) is 14.5. The number of nitrogens with zero attached hydrogens (tertiary/aromatic N) is 3. The third-order valence-corrected chi connectivity index (χ3v) is 4.43. The number of hydrogen-bond donors (Lipinski definition) is 1. The maximum atomic E-state index is 4.50. The zero-order valence-corrected chi connectivity index (χ0v) is 11.2. The Hall–Kier alpha value is -1.01. The first kappa shape index (κ1) is 11.5. The number of anilines is 1. The molecule has 0 fully saturated rings. The molecule has 2 heterocycles. The van der Waals surface area contributed by atoms with Gasteiger partial charge in [-0.15, -0.1) is 21.5 Å². The monoisotopic (exact) mass is 254 g/mol. The molecule has 0 amide bonds. The van der Waals surface area contributed by atoms with Crippen molar-refractivity contribution in [3.63, 3.8) is 0 Å². The van der Waals surface area contributed by atoms with E-state index in [1.165, 1.54) is 0 Å². The molecule has 16 heavy (non-hydrogen) atoms. The van der Waals surface area contributed by atoms with Crippen LogP contribution in [0, 0.1) is 6.92 Å². The third-order valence-electron chi connectivity index (χ3n) is 2.09. The van der Waals surface area contributed by atoms with Gasteiger partial charge in [0.15, 0.2) is 5.01 Å². The van der Waals surface area contributed by atoms with Gasteiger partial charge in [-0.1, -0.05) is 18.3 Å². The average Bonchev–Trinajstić information content (AvgIpc) is 2.85. The second-order valence-electron chi connectivity index (χ2n) is 3.32. The highest BCUT2D eigenvalue weighted by atomic mass is 32.1. The van der Waals surface area contributed by atoms with Gasteiger partial charge in [0.05, 0.1) is 15.6 Å². The van der Waals surface area contributed by atoms with Gasteiger partial charge >= 0.3 is 0 Å². The van der Waals surface area contributed by atoms with E-state index in [2.05, 4.69) is 27.4 Å². The van der Waals surface area contributed by atoms with Gasteiger partial charge in [0.2, 0.25) is 5.13 Å². The van der Waals surface area contributed by atoms with Crippen LogP contribution in [0.2, 0.25) is 0 Å². The van der Waals surface area contributed by atoms with Crippen LogP contribution in [-0.2, 0) is 6.42 Å². The number of hydrogen-bond acceptors (Lipinski definition) is 6. The normalized spacial score (nSPS) is 10.7. The van der Waals surface area contributed by atoms with Crippen LogP contribution in [-0.4, -0.2) is 21.7 Å². The van der Waals surface area contributed by atoms with Crippen molar-refractivity contribution in [2.24, 2.45) is 0 Å². The highest BCUT2D eigenvalue weighted by Crippen LogP contribution is 2.33. The molecule has 0 aliphatic rings. The van der Waals surface area contributed by atoms with Crippen LogP contribution in [0.15, 0.2) is 0 Å². The van der Waals surface area contributed by atoms with E-state index in [9.17, 15) is 0 Å². The van der Waals surface area contributed by atoms with Crippen LogP contribution in [0.25, 0.3) is 9.88 Å². The van der Waals surface area contributed by atoms with Gasteiger partial charge in [0, 0.05) is 6.54 Å². The lowest BCUT2D eigenvalue weighted by atomic mass is 10.4. The van der Waals surface area contributed by atoms with Crippen molar-refractivity contribution in [2.75, 3.05) is 11.9 Å². The largest absolute Gasteiger partial charge is 0.360 e. The topological polar surface area (TPSA) is 50.7 Å². The Morgan fingerprint density at radius 3 is 2.62 bits per heavy atom. The van der Waals surface area contributed by atoms with Crippen molar-refractivity contribution < 1.29 is 0 Å². The maximum absolute atomic E-state index is 4.50. The molecule has 0 atom stereocenters. The lowest BCUT2D eigenvalue weighted by Crippen LogP contribution is -1.94. The summed E-state index contributed by atoms with van der Waals surface area (Å²) in [6.45, 7) is 7.07. The summed E-state index contributed by atoms with van der Waals surface area (Å²) < 4.78 is 0. The molecular formula is C10H14N4S2. The summed E-state index contributed by atoms with van der Waals surface area (Å²) in [4.78, 5) is 5.65. The average molecular weight is 254 g/mol. The Morgan fingerprint density at radius 1 is 1.19 bits per heavy atom. The molecular weight excluding hydrogens is 240 g/mol. The third kappa shape index (κ3) is 2.22. The smallest absolute Gasteiger partial charge is 0.206 e. The predicted molar refractivity (Wildman–Crippen MR) is 69.3 cm³/mol. The zero-order chi connectivity index (χ0) is 11.5. The van der Waals surface area contributed by atoms with E-state index < -0.39 is 0 Å². The number of aromatic nitrogens is 3. The first-order chi connectivity index (χ1) is 7.74. The highest BCUT2D eigenvalue weighted by molar-refractivity contribution is 7.23. The number of rotatable bonds is 4. The summed E-state index contributed by atoms with van der Waals surface area (Å²) >= 11 is 3.30. The molecule has 2 rings (SSSR count). The van der Waals surface area contributed by atoms with Gasteiger partial charge in [-0.25, -0.2) is 4.98 Å². The Morgan fingerprint density at radius 2 is 2.00 bits per heavy atom.